The van der Waals surface area contributed by atoms with E-state index in [9.17, 15) is 19.2 Å². The van der Waals surface area contributed by atoms with Crippen molar-refractivity contribution in [1.29, 1.82) is 0 Å². The van der Waals surface area contributed by atoms with Crippen LogP contribution in [0.5, 0.6) is 0 Å². The zero-order valence-corrected chi connectivity index (χ0v) is 18.2. The minimum Gasteiger partial charge on any atom is -0.387 e. The molecular formula is C21H32N4O6. The monoisotopic (exact) mass is 436 g/mol. The van der Waals surface area contributed by atoms with Crippen LogP contribution in [-0.2, 0) is 20.9 Å². The van der Waals surface area contributed by atoms with Gasteiger partial charge in [-0.2, -0.15) is 0 Å². The zero-order chi connectivity index (χ0) is 23.4. The van der Waals surface area contributed by atoms with Crippen molar-refractivity contribution in [1.82, 2.24) is 20.9 Å². The largest absolute Gasteiger partial charge is 0.387 e. The number of amides is 4. The first-order valence-electron chi connectivity index (χ1n) is 10.00. The molecule has 0 radical (unpaired) electrons. The number of nitrogens with one attached hydrogen (secondary N) is 3. The number of hydrogen-bond donors (Lipinski definition) is 5. The average Bonchev–Trinajstić information content (AvgIpc) is 2.74. The van der Waals surface area contributed by atoms with Gasteiger partial charge in [-0.1, -0.05) is 32.9 Å². The molecule has 0 fully saturated rings. The number of rotatable bonds is 11. The van der Waals surface area contributed by atoms with Gasteiger partial charge in [0.25, 0.3) is 5.91 Å². The number of hydrogen-bond acceptors (Lipinski definition) is 6. The summed E-state index contributed by atoms with van der Waals surface area (Å²) in [5.74, 6) is -1.54. The molecule has 10 nitrogen and oxygen atoms in total. The third kappa shape index (κ3) is 9.58. The Balaban J connectivity index is 2.84. The SMILES string of the molecule is CC(C)(C)C(=O)NCc1cccc(C(=O)N(CCNC(=O)CO)CCNC(=O)CO)c1. The van der Waals surface area contributed by atoms with E-state index in [-0.39, 0.29) is 44.5 Å². The lowest BCUT2D eigenvalue weighted by Crippen LogP contribution is -2.43. The molecule has 1 aromatic rings. The van der Waals surface area contributed by atoms with Crippen molar-refractivity contribution in [2.75, 3.05) is 39.4 Å². The second-order valence-corrected chi connectivity index (χ2v) is 7.94. The fourth-order valence-corrected chi connectivity index (χ4v) is 2.53. The smallest absolute Gasteiger partial charge is 0.253 e. The van der Waals surface area contributed by atoms with E-state index in [0.29, 0.717) is 5.56 Å². The molecule has 0 spiro atoms. The van der Waals surface area contributed by atoms with Crippen molar-refractivity contribution >= 4 is 23.6 Å². The summed E-state index contributed by atoms with van der Waals surface area (Å²) in [4.78, 5) is 49.0. The quantitative estimate of drug-likeness (QED) is 0.301. The third-order valence-corrected chi connectivity index (χ3v) is 4.29. The summed E-state index contributed by atoms with van der Waals surface area (Å²) in [5, 5.41) is 25.4. The minimum absolute atomic E-state index is 0.106. The molecule has 0 saturated heterocycles. The lowest BCUT2D eigenvalue weighted by molar-refractivity contribution is -0.128. The van der Waals surface area contributed by atoms with E-state index in [1.165, 1.54) is 4.90 Å². The maximum absolute atomic E-state index is 13.0. The Morgan fingerprint density at radius 3 is 1.94 bits per heavy atom. The van der Waals surface area contributed by atoms with Crippen molar-refractivity contribution in [3.8, 4) is 0 Å². The predicted molar refractivity (Wildman–Crippen MR) is 114 cm³/mol. The van der Waals surface area contributed by atoms with E-state index in [2.05, 4.69) is 16.0 Å². The van der Waals surface area contributed by atoms with Gasteiger partial charge >= 0.3 is 0 Å². The molecule has 1 rings (SSSR count). The highest BCUT2D eigenvalue weighted by molar-refractivity contribution is 5.94. The predicted octanol–water partition coefficient (Wildman–Crippen LogP) is -0.992. The highest BCUT2D eigenvalue weighted by Gasteiger charge is 2.21. The van der Waals surface area contributed by atoms with Crippen LogP contribution in [0.2, 0.25) is 0 Å². The summed E-state index contributed by atoms with van der Waals surface area (Å²) >= 11 is 0. The lowest BCUT2D eigenvalue weighted by Gasteiger charge is -2.23. The van der Waals surface area contributed by atoms with Crippen molar-refractivity contribution in [3.63, 3.8) is 0 Å². The van der Waals surface area contributed by atoms with Crippen LogP contribution < -0.4 is 16.0 Å². The van der Waals surface area contributed by atoms with Crippen LogP contribution in [0.15, 0.2) is 24.3 Å². The molecule has 0 aliphatic carbocycles. The highest BCUT2D eigenvalue weighted by atomic mass is 16.3. The van der Waals surface area contributed by atoms with Crippen LogP contribution in [-0.4, -0.2) is 78.1 Å². The molecule has 0 saturated carbocycles. The molecule has 1 aromatic carbocycles. The van der Waals surface area contributed by atoms with Crippen LogP contribution in [0.3, 0.4) is 0 Å². The van der Waals surface area contributed by atoms with Gasteiger partial charge in [0.2, 0.25) is 17.7 Å². The standard InChI is InChI=1S/C21H32N4O6/c1-21(2,3)20(31)24-12-15-5-4-6-16(11-15)19(30)25(9-7-22-17(28)13-26)10-8-23-18(29)14-27/h4-6,11,26-27H,7-10,12-14H2,1-3H3,(H,22,28)(H,23,29)(H,24,31). The molecule has 31 heavy (non-hydrogen) atoms. The Labute approximate surface area is 182 Å². The van der Waals surface area contributed by atoms with E-state index in [0.717, 1.165) is 5.56 Å². The van der Waals surface area contributed by atoms with Crippen LogP contribution in [0.1, 0.15) is 36.7 Å². The first kappa shape index (κ1) is 26.1. The molecule has 5 N–H and O–H groups in total. The van der Waals surface area contributed by atoms with Crippen LogP contribution in [0, 0.1) is 5.41 Å². The molecule has 0 heterocycles. The average molecular weight is 437 g/mol. The topological polar surface area (TPSA) is 148 Å². The Hall–Kier alpha value is -2.98. The van der Waals surface area contributed by atoms with Gasteiger partial charge in [0.15, 0.2) is 0 Å². The molecule has 0 aromatic heterocycles. The van der Waals surface area contributed by atoms with Gasteiger partial charge in [0, 0.05) is 43.7 Å². The Morgan fingerprint density at radius 2 is 1.45 bits per heavy atom. The Bertz CT molecular complexity index is 753. The zero-order valence-electron chi connectivity index (χ0n) is 18.2. The molecule has 0 aliphatic rings. The van der Waals surface area contributed by atoms with Crippen molar-refractivity contribution in [2.45, 2.75) is 27.3 Å². The van der Waals surface area contributed by atoms with E-state index in [1.54, 1.807) is 24.3 Å². The van der Waals surface area contributed by atoms with Crippen molar-refractivity contribution in [2.24, 2.45) is 5.41 Å². The van der Waals surface area contributed by atoms with Crippen LogP contribution in [0.25, 0.3) is 0 Å². The first-order valence-corrected chi connectivity index (χ1v) is 10.00. The number of benzene rings is 1. The fraction of sp³-hybridized carbons (Fsp3) is 0.524. The fourth-order valence-electron chi connectivity index (χ4n) is 2.53. The molecule has 0 bridgehead atoms. The number of carbonyl (C=O) groups is 4. The van der Waals surface area contributed by atoms with Crippen molar-refractivity contribution in [3.05, 3.63) is 35.4 Å². The number of aliphatic hydroxyl groups is 2. The highest BCUT2D eigenvalue weighted by Crippen LogP contribution is 2.14. The molecule has 10 heteroatoms. The molecule has 0 aliphatic heterocycles. The van der Waals surface area contributed by atoms with Crippen LogP contribution >= 0.6 is 0 Å². The van der Waals surface area contributed by atoms with Crippen LogP contribution in [0.4, 0.5) is 0 Å². The van der Waals surface area contributed by atoms with Gasteiger partial charge < -0.3 is 31.1 Å². The van der Waals surface area contributed by atoms with E-state index >= 15 is 0 Å². The molecular weight excluding hydrogens is 404 g/mol. The van der Waals surface area contributed by atoms with Gasteiger partial charge in [-0.25, -0.2) is 0 Å². The third-order valence-electron chi connectivity index (χ3n) is 4.29. The van der Waals surface area contributed by atoms with E-state index < -0.39 is 30.4 Å². The van der Waals surface area contributed by atoms with Gasteiger partial charge in [-0.05, 0) is 17.7 Å². The van der Waals surface area contributed by atoms with Gasteiger partial charge in [0.1, 0.15) is 13.2 Å². The first-order chi connectivity index (χ1) is 14.6. The molecule has 4 amide bonds. The van der Waals surface area contributed by atoms with E-state index in [1.807, 2.05) is 20.8 Å². The number of nitrogens with zero attached hydrogens (tertiary/aromatic N) is 1. The summed E-state index contributed by atoms with van der Waals surface area (Å²) in [6, 6.07) is 6.83. The summed E-state index contributed by atoms with van der Waals surface area (Å²) in [6.45, 7) is 4.97. The summed E-state index contributed by atoms with van der Waals surface area (Å²) in [5.41, 5.74) is 0.623. The second kappa shape index (κ2) is 12.7. The normalized spacial score (nSPS) is 10.9. The minimum atomic E-state index is -0.650. The van der Waals surface area contributed by atoms with Gasteiger partial charge in [-0.15, -0.1) is 0 Å². The maximum Gasteiger partial charge on any atom is 0.253 e. The summed E-state index contributed by atoms with van der Waals surface area (Å²) in [7, 11) is 0. The Morgan fingerprint density at radius 1 is 0.903 bits per heavy atom. The summed E-state index contributed by atoms with van der Waals surface area (Å²) < 4.78 is 0. The molecule has 0 unspecified atom stereocenters. The number of carbonyl (C=O) groups excluding carboxylic acids is 4. The van der Waals surface area contributed by atoms with E-state index in [4.69, 9.17) is 10.2 Å². The lowest BCUT2D eigenvalue weighted by atomic mass is 9.95. The molecule has 0 atom stereocenters. The maximum atomic E-state index is 13.0. The Kier molecular flexibility index (Phi) is 10.6. The van der Waals surface area contributed by atoms with Gasteiger partial charge in [-0.3, -0.25) is 19.2 Å². The van der Waals surface area contributed by atoms with Crippen molar-refractivity contribution < 1.29 is 29.4 Å². The number of aliphatic hydroxyl groups excluding tert-OH is 2. The second-order valence-electron chi connectivity index (χ2n) is 7.94. The summed E-state index contributed by atoms with van der Waals surface area (Å²) in [6.07, 6.45) is 0. The molecule has 172 valence electrons. The van der Waals surface area contributed by atoms with Gasteiger partial charge in [0.05, 0.1) is 0 Å².